The lowest BCUT2D eigenvalue weighted by atomic mass is 9.96. The van der Waals surface area contributed by atoms with Crippen molar-refractivity contribution in [1.82, 2.24) is 14.4 Å². The third-order valence-electron chi connectivity index (χ3n) is 5.27. The first-order valence-corrected chi connectivity index (χ1v) is 11.5. The third kappa shape index (κ3) is 5.71. The minimum atomic E-state index is -4.81. The Bertz CT molecular complexity index is 1120. The van der Waals surface area contributed by atoms with E-state index >= 15 is 0 Å². The molecule has 9 nitrogen and oxygen atoms in total. The standard InChI is InChI=1S/C20H23F3N4O5S/c1-13-11-17(25-32-13)24-18(28)12-26(2)19(29)14-7-9-27(10-8-14)33(30,31)16-6-4-3-5-15(16)20(21,22)23/h3-6,11,14H,7-10,12H2,1-2H3,(H,24,25,28). The summed E-state index contributed by atoms with van der Waals surface area (Å²) in [6.07, 6.45) is -4.56. The highest BCUT2D eigenvalue weighted by Gasteiger charge is 2.40. The summed E-state index contributed by atoms with van der Waals surface area (Å²) >= 11 is 0. The van der Waals surface area contributed by atoms with E-state index in [1.165, 1.54) is 24.1 Å². The Kier molecular flexibility index (Phi) is 7.12. The molecule has 180 valence electrons. The number of benzene rings is 1. The molecular formula is C20H23F3N4O5S. The number of hydrogen-bond acceptors (Lipinski definition) is 6. The van der Waals surface area contributed by atoms with Gasteiger partial charge in [0.1, 0.15) is 5.76 Å². The number of anilines is 1. The maximum atomic E-state index is 13.3. The van der Waals surface area contributed by atoms with E-state index in [4.69, 9.17) is 4.52 Å². The van der Waals surface area contributed by atoms with Crippen molar-refractivity contribution in [2.45, 2.75) is 30.8 Å². The number of carbonyl (C=O) groups is 2. The zero-order valence-corrected chi connectivity index (χ0v) is 18.7. The fourth-order valence-electron chi connectivity index (χ4n) is 3.62. The van der Waals surface area contributed by atoms with Gasteiger partial charge in [0.2, 0.25) is 21.8 Å². The minimum absolute atomic E-state index is 0.108. The lowest BCUT2D eigenvalue weighted by Gasteiger charge is -2.32. The topological polar surface area (TPSA) is 113 Å². The van der Waals surface area contributed by atoms with Crippen molar-refractivity contribution in [3.8, 4) is 0 Å². The van der Waals surface area contributed by atoms with E-state index in [1.54, 1.807) is 6.92 Å². The van der Waals surface area contributed by atoms with Crippen LogP contribution in [-0.2, 0) is 25.8 Å². The van der Waals surface area contributed by atoms with Crippen LogP contribution >= 0.6 is 0 Å². The molecule has 2 heterocycles. The van der Waals surface area contributed by atoms with Gasteiger partial charge < -0.3 is 14.7 Å². The number of aryl methyl sites for hydroxylation is 1. The van der Waals surface area contributed by atoms with Gasteiger partial charge in [-0.3, -0.25) is 9.59 Å². The number of piperidine rings is 1. The van der Waals surface area contributed by atoms with E-state index in [9.17, 15) is 31.2 Å². The molecule has 0 radical (unpaired) electrons. The molecule has 1 aromatic heterocycles. The lowest BCUT2D eigenvalue weighted by molar-refractivity contribution is -0.140. The van der Waals surface area contributed by atoms with Gasteiger partial charge in [0.05, 0.1) is 17.0 Å². The Morgan fingerprint density at radius 3 is 2.45 bits per heavy atom. The zero-order valence-electron chi connectivity index (χ0n) is 17.9. The molecule has 0 bridgehead atoms. The number of carbonyl (C=O) groups excluding carboxylic acids is 2. The highest BCUT2D eigenvalue weighted by molar-refractivity contribution is 7.89. The predicted octanol–water partition coefficient (Wildman–Crippen LogP) is 2.50. The van der Waals surface area contributed by atoms with Gasteiger partial charge in [0.25, 0.3) is 0 Å². The molecule has 1 aliphatic heterocycles. The fraction of sp³-hybridized carbons (Fsp3) is 0.450. The first-order chi connectivity index (χ1) is 15.4. The molecule has 2 amide bonds. The van der Waals surface area contributed by atoms with Crippen molar-refractivity contribution in [3.05, 3.63) is 41.7 Å². The van der Waals surface area contributed by atoms with Gasteiger partial charge in [-0.15, -0.1) is 0 Å². The van der Waals surface area contributed by atoms with Crippen LogP contribution < -0.4 is 5.32 Å². The molecule has 13 heteroatoms. The van der Waals surface area contributed by atoms with Crippen LogP contribution in [0.2, 0.25) is 0 Å². The van der Waals surface area contributed by atoms with E-state index < -0.39 is 38.5 Å². The quantitative estimate of drug-likeness (QED) is 0.669. The van der Waals surface area contributed by atoms with E-state index in [2.05, 4.69) is 10.5 Å². The lowest BCUT2D eigenvalue weighted by Crippen LogP contribution is -2.45. The number of alkyl halides is 3. The van der Waals surface area contributed by atoms with Gasteiger partial charge in [-0.05, 0) is 31.9 Å². The van der Waals surface area contributed by atoms with E-state index in [-0.39, 0.29) is 44.2 Å². The minimum Gasteiger partial charge on any atom is -0.360 e. The van der Waals surface area contributed by atoms with Gasteiger partial charge in [0, 0.05) is 32.1 Å². The molecule has 1 N–H and O–H groups in total. The number of nitrogens with zero attached hydrogens (tertiary/aromatic N) is 3. The molecule has 1 aromatic carbocycles. The summed E-state index contributed by atoms with van der Waals surface area (Å²) in [4.78, 5) is 25.2. The second kappa shape index (κ2) is 9.51. The van der Waals surface area contributed by atoms with Crippen molar-refractivity contribution in [2.75, 3.05) is 32.0 Å². The highest BCUT2D eigenvalue weighted by atomic mass is 32.2. The summed E-state index contributed by atoms with van der Waals surface area (Å²) in [6.45, 7) is 1.20. The van der Waals surface area contributed by atoms with E-state index in [1.807, 2.05) is 0 Å². The largest absolute Gasteiger partial charge is 0.417 e. The Labute approximate surface area is 188 Å². The number of nitrogens with one attached hydrogen (secondary N) is 1. The molecule has 3 rings (SSSR count). The predicted molar refractivity (Wildman–Crippen MR) is 110 cm³/mol. The van der Waals surface area contributed by atoms with Crippen LogP contribution in [0.4, 0.5) is 19.0 Å². The SMILES string of the molecule is Cc1cc(NC(=O)CN(C)C(=O)C2CCN(S(=O)(=O)c3ccccc3C(F)(F)F)CC2)no1. The summed E-state index contributed by atoms with van der Waals surface area (Å²) in [5.41, 5.74) is -1.23. The molecule has 33 heavy (non-hydrogen) atoms. The fourth-order valence-corrected chi connectivity index (χ4v) is 5.30. The number of likely N-dealkylation sites (N-methyl/N-ethyl adjacent to an activating group) is 1. The highest BCUT2D eigenvalue weighted by Crippen LogP contribution is 2.36. The first-order valence-electron chi connectivity index (χ1n) is 10.0. The number of sulfonamides is 1. The molecule has 0 spiro atoms. The summed E-state index contributed by atoms with van der Waals surface area (Å²) < 4.78 is 71.3. The van der Waals surface area contributed by atoms with Gasteiger partial charge in [-0.1, -0.05) is 17.3 Å². The Hall–Kier alpha value is -2.93. The van der Waals surface area contributed by atoms with Crippen molar-refractivity contribution >= 4 is 27.7 Å². The van der Waals surface area contributed by atoms with Crippen LogP contribution in [-0.4, -0.2) is 61.3 Å². The van der Waals surface area contributed by atoms with Gasteiger partial charge >= 0.3 is 6.18 Å². The van der Waals surface area contributed by atoms with Gasteiger partial charge in [-0.2, -0.15) is 17.5 Å². The third-order valence-corrected chi connectivity index (χ3v) is 7.22. The first kappa shape index (κ1) is 24.7. The van der Waals surface area contributed by atoms with Crippen LogP contribution in [0.25, 0.3) is 0 Å². The van der Waals surface area contributed by atoms with Crippen molar-refractivity contribution in [3.63, 3.8) is 0 Å². The molecule has 0 aliphatic carbocycles. The van der Waals surface area contributed by atoms with Crippen molar-refractivity contribution < 1.29 is 35.7 Å². The number of hydrogen-bond donors (Lipinski definition) is 1. The number of rotatable bonds is 6. The van der Waals surface area contributed by atoms with Crippen molar-refractivity contribution in [2.24, 2.45) is 5.92 Å². The van der Waals surface area contributed by atoms with Crippen molar-refractivity contribution in [1.29, 1.82) is 0 Å². The zero-order chi connectivity index (χ0) is 24.4. The molecular weight excluding hydrogens is 465 g/mol. The molecule has 0 atom stereocenters. The van der Waals surface area contributed by atoms with Crippen LogP contribution in [0.3, 0.4) is 0 Å². The van der Waals surface area contributed by atoms with Crippen LogP contribution in [0, 0.1) is 12.8 Å². The van der Waals surface area contributed by atoms with Crippen LogP contribution in [0.5, 0.6) is 0 Å². The molecule has 1 saturated heterocycles. The number of aromatic nitrogens is 1. The number of amides is 2. The van der Waals surface area contributed by atoms with E-state index in [0.29, 0.717) is 5.76 Å². The number of halogens is 3. The smallest absolute Gasteiger partial charge is 0.360 e. The average molecular weight is 488 g/mol. The van der Waals surface area contributed by atoms with Gasteiger partial charge in [-0.25, -0.2) is 8.42 Å². The summed E-state index contributed by atoms with van der Waals surface area (Å²) in [5, 5.41) is 6.13. The van der Waals surface area contributed by atoms with Crippen LogP contribution in [0.1, 0.15) is 24.2 Å². The second-order valence-corrected chi connectivity index (χ2v) is 9.64. The second-order valence-electron chi connectivity index (χ2n) is 7.74. The Balaban J connectivity index is 1.60. The molecule has 0 unspecified atom stereocenters. The maximum Gasteiger partial charge on any atom is 0.417 e. The Morgan fingerprint density at radius 2 is 1.88 bits per heavy atom. The summed E-state index contributed by atoms with van der Waals surface area (Å²) in [5.74, 6) is -0.663. The molecule has 0 saturated carbocycles. The Morgan fingerprint density at radius 1 is 1.24 bits per heavy atom. The molecule has 1 aliphatic rings. The monoisotopic (exact) mass is 488 g/mol. The summed E-state index contributed by atoms with van der Waals surface area (Å²) in [7, 11) is -2.95. The average Bonchev–Trinajstić information content (AvgIpc) is 3.16. The normalized spacial score (nSPS) is 15.9. The maximum absolute atomic E-state index is 13.3. The van der Waals surface area contributed by atoms with E-state index in [0.717, 1.165) is 22.5 Å². The molecule has 1 fully saturated rings. The van der Waals surface area contributed by atoms with Gasteiger partial charge in [0.15, 0.2) is 5.82 Å². The molecule has 2 aromatic rings. The summed E-state index contributed by atoms with van der Waals surface area (Å²) in [6, 6.07) is 5.54. The van der Waals surface area contributed by atoms with Crippen LogP contribution in [0.15, 0.2) is 39.8 Å².